The summed E-state index contributed by atoms with van der Waals surface area (Å²) in [5.41, 5.74) is 1.32. The minimum atomic E-state index is -0.103. The molecular weight excluding hydrogens is 248 g/mol. The van der Waals surface area contributed by atoms with Crippen molar-refractivity contribution in [1.29, 1.82) is 0 Å². The molecule has 1 aromatic carbocycles. The topological polar surface area (TPSA) is 41.6 Å². The van der Waals surface area contributed by atoms with Crippen LogP contribution in [0.3, 0.4) is 0 Å². The lowest BCUT2D eigenvalue weighted by Crippen LogP contribution is -2.30. The number of nitrogens with zero attached hydrogens (tertiary/aromatic N) is 1. The first-order valence-corrected chi connectivity index (χ1v) is 6.05. The number of nitrogens with one attached hydrogen (secondary N) is 1. The third-order valence-electron chi connectivity index (χ3n) is 2.72. The maximum Gasteiger partial charge on any atom is 0.276 e. The SMILES string of the molecule is CCN1C(=O)/C(=C/c2ccccc2OC)NC1=S. The first kappa shape index (κ1) is 12.6. The zero-order valence-electron chi connectivity index (χ0n) is 10.3. The van der Waals surface area contributed by atoms with Crippen molar-refractivity contribution >= 4 is 29.3 Å². The second-order valence-corrected chi connectivity index (χ2v) is 4.17. The Bertz CT molecular complexity index is 525. The van der Waals surface area contributed by atoms with Crippen molar-refractivity contribution in [3.63, 3.8) is 0 Å². The fraction of sp³-hybridized carbons (Fsp3) is 0.231. The highest BCUT2D eigenvalue weighted by Gasteiger charge is 2.29. The molecule has 0 bridgehead atoms. The molecule has 0 radical (unpaired) electrons. The predicted molar refractivity (Wildman–Crippen MR) is 74.1 cm³/mol. The fourth-order valence-corrected chi connectivity index (χ4v) is 2.12. The highest BCUT2D eigenvalue weighted by atomic mass is 32.1. The molecule has 1 N–H and O–H groups in total. The third kappa shape index (κ3) is 2.22. The van der Waals surface area contributed by atoms with Crippen LogP contribution in [-0.2, 0) is 4.79 Å². The maximum atomic E-state index is 12.0. The van der Waals surface area contributed by atoms with E-state index in [0.717, 1.165) is 11.3 Å². The molecule has 18 heavy (non-hydrogen) atoms. The molecule has 1 aliphatic rings. The average Bonchev–Trinajstić information content (AvgIpc) is 2.65. The van der Waals surface area contributed by atoms with Crippen molar-refractivity contribution in [1.82, 2.24) is 10.2 Å². The number of amides is 1. The molecule has 0 aromatic heterocycles. The Kier molecular flexibility index (Phi) is 3.62. The van der Waals surface area contributed by atoms with Crippen LogP contribution in [0.4, 0.5) is 0 Å². The van der Waals surface area contributed by atoms with Crippen LogP contribution in [0.2, 0.25) is 0 Å². The summed E-state index contributed by atoms with van der Waals surface area (Å²) >= 11 is 5.09. The molecule has 2 rings (SSSR count). The highest BCUT2D eigenvalue weighted by molar-refractivity contribution is 7.80. The quantitative estimate of drug-likeness (QED) is 0.666. The van der Waals surface area contributed by atoms with Crippen LogP contribution in [0, 0.1) is 0 Å². The number of carbonyl (C=O) groups excluding carboxylic acids is 1. The van der Waals surface area contributed by atoms with Gasteiger partial charge in [0.2, 0.25) is 0 Å². The Labute approximate surface area is 111 Å². The van der Waals surface area contributed by atoms with Crippen LogP contribution in [0.1, 0.15) is 12.5 Å². The van der Waals surface area contributed by atoms with Gasteiger partial charge >= 0.3 is 0 Å². The minimum Gasteiger partial charge on any atom is -0.496 e. The standard InChI is InChI=1S/C13H14N2O2S/c1-3-15-12(16)10(14-13(15)18)8-9-6-4-5-7-11(9)17-2/h4-8H,3H2,1-2H3,(H,14,18)/b10-8-. The van der Waals surface area contributed by atoms with E-state index >= 15 is 0 Å². The molecule has 0 saturated carbocycles. The molecule has 1 amide bonds. The monoisotopic (exact) mass is 262 g/mol. The van der Waals surface area contributed by atoms with Crippen LogP contribution in [0.15, 0.2) is 30.0 Å². The Morgan fingerprint density at radius 2 is 2.17 bits per heavy atom. The predicted octanol–water partition coefficient (Wildman–Crippen LogP) is 1.77. The maximum absolute atomic E-state index is 12.0. The van der Waals surface area contributed by atoms with Crippen molar-refractivity contribution in [3.8, 4) is 5.75 Å². The lowest BCUT2D eigenvalue weighted by atomic mass is 10.1. The number of benzene rings is 1. The van der Waals surface area contributed by atoms with E-state index < -0.39 is 0 Å². The summed E-state index contributed by atoms with van der Waals surface area (Å²) in [7, 11) is 1.60. The molecular formula is C13H14N2O2S. The molecule has 4 nitrogen and oxygen atoms in total. The lowest BCUT2D eigenvalue weighted by molar-refractivity contribution is -0.122. The van der Waals surface area contributed by atoms with Crippen LogP contribution >= 0.6 is 12.2 Å². The van der Waals surface area contributed by atoms with E-state index in [0.29, 0.717) is 17.4 Å². The van der Waals surface area contributed by atoms with Gasteiger partial charge in [0.05, 0.1) is 7.11 Å². The third-order valence-corrected chi connectivity index (χ3v) is 3.04. The molecule has 1 aliphatic heterocycles. The van der Waals surface area contributed by atoms with Gasteiger partial charge in [-0.15, -0.1) is 0 Å². The Hall–Kier alpha value is -1.88. The zero-order chi connectivity index (χ0) is 13.1. The summed E-state index contributed by atoms with van der Waals surface area (Å²) < 4.78 is 5.24. The Morgan fingerprint density at radius 3 is 2.78 bits per heavy atom. The number of thiocarbonyl (C=S) groups is 1. The molecule has 1 saturated heterocycles. The van der Waals surface area contributed by atoms with Crippen molar-refractivity contribution in [2.45, 2.75) is 6.92 Å². The second kappa shape index (κ2) is 5.18. The number of ether oxygens (including phenoxy) is 1. The van der Waals surface area contributed by atoms with Gasteiger partial charge in [-0.2, -0.15) is 0 Å². The van der Waals surface area contributed by atoms with E-state index in [2.05, 4.69) is 5.32 Å². The first-order chi connectivity index (χ1) is 8.67. The summed E-state index contributed by atoms with van der Waals surface area (Å²) in [6, 6.07) is 7.51. The van der Waals surface area contributed by atoms with Gasteiger partial charge in [0.15, 0.2) is 5.11 Å². The number of carbonyl (C=O) groups is 1. The van der Waals surface area contributed by atoms with Gasteiger partial charge < -0.3 is 10.1 Å². The van der Waals surface area contributed by atoms with Crippen molar-refractivity contribution in [2.24, 2.45) is 0 Å². The van der Waals surface area contributed by atoms with Gasteiger partial charge in [-0.3, -0.25) is 9.69 Å². The average molecular weight is 262 g/mol. The van der Waals surface area contributed by atoms with Crippen LogP contribution in [0.5, 0.6) is 5.75 Å². The molecule has 1 fully saturated rings. The summed E-state index contributed by atoms with van der Waals surface area (Å²) in [4.78, 5) is 13.5. The van der Waals surface area contributed by atoms with E-state index in [1.54, 1.807) is 13.2 Å². The smallest absolute Gasteiger partial charge is 0.276 e. The van der Waals surface area contributed by atoms with Gasteiger partial charge in [0.25, 0.3) is 5.91 Å². The molecule has 0 spiro atoms. The van der Waals surface area contributed by atoms with Crippen LogP contribution in [-0.4, -0.2) is 29.6 Å². The van der Waals surface area contributed by atoms with Gasteiger partial charge in [-0.05, 0) is 31.3 Å². The van der Waals surface area contributed by atoms with E-state index in [4.69, 9.17) is 17.0 Å². The highest BCUT2D eigenvalue weighted by Crippen LogP contribution is 2.21. The Morgan fingerprint density at radius 1 is 1.44 bits per heavy atom. The minimum absolute atomic E-state index is 0.103. The Balaban J connectivity index is 2.35. The van der Waals surface area contributed by atoms with Crippen molar-refractivity contribution in [2.75, 3.05) is 13.7 Å². The first-order valence-electron chi connectivity index (χ1n) is 5.65. The molecule has 0 unspecified atom stereocenters. The summed E-state index contributed by atoms with van der Waals surface area (Å²) in [6.07, 6.45) is 1.75. The van der Waals surface area contributed by atoms with E-state index in [9.17, 15) is 4.79 Å². The fourth-order valence-electron chi connectivity index (χ4n) is 1.80. The molecule has 1 heterocycles. The summed E-state index contributed by atoms with van der Waals surface area (Å²) in [5.74, 6) is 0.619. The zero-order valence-corrected chi connectivity index (χ0v) is 11.1. The van der Waals surface area contributed by atoms with Gasteiger partial charge in [0, 0.05) is 12.1 Å². The largest absolute Gasteiger partial charge is 0.496 e. The number of hydrogen-bond donors (Lipinski definition) is 1. The molecule has 0 aliphatic carbocycles. The molecule has 5 heteroatoms. The number of likely N-dealkylation sites (N-methyl/N-ethyl adjacent to an activating group) is 1. The van der Waals surface area contributed by atoms with Gasteiger partial charge in [0.1, 0.15) is 11.4 Å². The van der Waals surface area contributed by atoms with Crippen LogP contribution in [0.25, 0.3) is 6.08 Å². The molecule has 0 atom stereocenters. The number of rotatable bonds is 3. The summed E-state index contributed by atoms with van der Waals surface area (Å²) in [6.45, 7) is 2.45. The van der Waals surface area contributed by atoms with Gasteiger partial charge in [-0.25, -0.2) is 0 Å². The van der Waals surface area contributed by atoms with Crippen molar-refractivity contribution < 1.29 is 9.53 Å². The second-order valence-electron chi connectivity index (χ2n) is 3.78. The summed E-state index contributed by atoms with van der Waals surface area (Å²) in [5, 5.41) is 3.37. The number of hydrogen-bond acceptors (Lipinski definition) is 3. The van der Waals surface area contributed by atoms with Gasteiger partial charge in [-0.1, -0.05) is 18.2 Å². The van der Waals surface area contributed by atoms with E-state index in [1.165, 1.54) is 4.90 Å². The number of para-hydroxylation sites is 1. The van der Waals surface area contributed by atoms with E-state index in [-0.39, 0.29) is 5.91 Å². The normalized spacial score (nSPS) is 17.2. The molecule has 94 valence electrons. The van der Waals surface area contributed by atoms with E-state index in [1.807, 2.05) is 31.2 Å². The number of methoxy groups -OCH3 is 1. The van der Waals surface area contributed by atoms with Crippen molar-refractivity contribution in [3.05, 3.63) is 35.5 Å². The molecule has 1 aromatic rings. The van der Waals surface area contributed by atoms with Crippen LogP contribution < -0.4 is 10.1 Å². The lowest BCUT2D eigenvalue weighted by Gasteiger charge is -2.09.